The van der Waals surface area contributed by atoms with Gasteiger partial charge in [0.15, 0.2) is 0 Å². The van der Waals surface area contributed by atoms with E-state index in [1.807, 2.05) is 0 Å². The largest absolute Gasteiger partial charge is 0.472 e. The lowest BCUT2D eigenvalue weighted by molar-refractivity contribution is -0.154. The van der Waals surface area contributed by atoms with Crippen LogP contribution in [-0.2, 0) is 27.9 Å². The Morgan fingerprint density at radius 3 is 1.57 bits per heavy atom. The predicted octanol–water partition coefficient (Wildman–Crippen LogP) is 10.9. The second kappa shape index (κ2) is 36.3. The van der Waals surface area contributed by atoms with Gasteiger partial charge in [-0.25, -0.2) is 4.57 Å². The lowest BCUT2D eigenvalue weighted by Gasteiger charge is -2.20. The highest BCUT2D eigenvalue weighted by atomic mass is 31.2. The fraction of sp³-hybridized carbons (Fsp3) is 0.868. The van der Waals surface area contributed by atoms with Crippen LogP contribution in [0.25, 0.3) is 0 Å². The SMILES string of the molecule is CCCCCC/C=C\CCCCCCCCOCC(COP(=O)(O)OCCN)OC(=O)CCCCCCC/C=C\CCCCCCC. The van der Waals surface area contributed by atoms with Crippen molar-refractivity contribution < 1.29 is 32.8 Å². The predicted molar refractivity (Wildman–Crippen MR) is 197 cm³/mol. The number of allylic oxidation sites excluding steroid dienone is 4. The van der Waals surface area contributed by atoms with Crippen LogP contribution in [0.2, 0.25) is 0 Å². The normalized spacial score (nSPS) is 13.9. The number of carbonyl (C=O) groups is 1. The van der Waals surface area contributed by atoms with Crippen LogP contribution in [0.15, 0.2) is 24.3 Å². The monoisotopic (exact) mass is 688 g/mol. The molecule has 8 nitrogen and oxygen atoms in total. The van der Waals surface area contributed by atoms with Crippen molar-refractivity contribution in [2.24, 2.45) is 5.73 Å². The zero-order chi connectivity index (χ0) is 34.5. The van der Waals surface area contributed by atoms with Crippen molar-refractivity contribution in [2.45, 2.75) is 180 Å². The molecule has 0 radical (unpaired) electrons. The first-order chi connectivity index (χ1) is 22.9. The molecule has 47 heavy (non-hydrogen) atoms. The highest BCUT2D eigenvalue weighted by Crippen LogP contribution is 2.43. The maximum Gasteiger partial charge on any atom is 0.472 e. The minimum atomic E-state index is -4.27. The van der Waals surface area contributed by atoms with Crippen LogP contribution >= 0.6 is 7.82 Å². The van der Waals surface area contributed by atoms with E-state index in [4.69, 9.17) is 24.3 Å². The first kappa shape index (κ1) is 46.0. The second-order valence-electron chi connectivity index (χ2n) is 12.8. The number of ether oxygens (including phenoxy) is 2. The van der Waals surface area contributed by atoms with Crippen LogP contribution in [0.1, 0.15) is 174 Å². The molecule has 0 saturated heterocycles. The van der Waals surface area contributed by atoms with Gasteiger partial charge in [0.1, 0.15) is 6.10 Å². The number of esters is 1. The molecule has 0 aromatic heterocycles. The van der Waals surface area contributed by atoms with Gasteiger partial charge < -0.3 is 20.1 Å². The van der Waals surface area contributed by atoms with Crippen LogP contribution in [0, 0.1) is 0 Å². The Balaban J connectivity index is 4.10. The molecule has 0 amide bonds. The second-order valence-corrected chi connectivity index (χ2v) is 14.2. The van der Waals surface area contributed by atoms with E-state index in [0.717, 1.165) is 44.9 Å². The quantitative estimate of drug-likeness (QED) is 0.0287. The molecule has 0 spiro atoms. The van der Waals surface area contributed by atoms with E-state index in [1.54, 1.807) is 0 Å². The number of nitrogens with two attached hydrogens (primary N) is 1. The standard InChI is InChI=1S/C38H74NO7P/c1-3-5-7-9-11-13-15-17-19-21-23-25-27-29-31-38(40)46-37(36-45-47(41,42)44-34-32-39)35-43-33-30-28-26-24-22-20-18-16-14-12-10-8-6-4-2/h14-17,37H,3-13,18-36,39H2,1-2H3,(H,41,42)/b16-14-,17-15-. The molecule has 0 aliphatic carbocycles. The number of unbranched alkanes of at least 4 members (excludes halogenated alkanes) is 20. The number of phosphoric ester groups is 1. The van der Waals surface area contributed by atoms with E-state index in [9.17, 15) is 14.3 Å². The highest BCUT2D eigenvalue weighted by molar-refractivity contribution is 7.47. The molecule has 0 aromatic carbocycles. The summed E-state index contributed by atoms with van der Waals surface area (Å²) in [6.07, 6.45) is 37.5. The van der Waals surface area contributed by atoms with Gasteiger partial charge in [0.25, 0.3) is 0 Å². The fourth-order valence-electron chi connectivity index (χ4n) is 5.22. The van der Waals surface area contributed by atoms with Crippen molar-refractivity contribution in [3.63, 3.8) is 0 Å². The minimum Gasteiger partial charge on any atom is -0.457 e. The smallest absolute Gasteiger partial charge is 0.457 e. The van der Waals surface area contributed by atoms with Crippen molar-refractivity contribution in [3.05, 3.63) is 24.3 Å². The molecule has 3 N–H and O–H groups in total. The number of carbonyl (C=O) groups excluding carboxylic acids is 1. The van der Waals surface area contributed by atoms with Crippen molar-refractivity contribution >= 4 is 13.8 Å². The Morgan fingerprint density at radius 2 is 1.06 bits per heavy atom. The van der Waals surface area contributed by atoms with Crippen LogP contribution in [0.4, 0.5) is 0 Å². The number of hydrogen-bond donors (Lipinski definition) is 2. The third kappa shape index (κ3) is 36.1. The molecule has 0 rings (SSSR count). The molecule has 0 aliphatic rings. The zero-order valence-electron chi connectivity index (χ0n) is 30.5. The lowest BCUT2D eigenvalue weighted by atomic mass is 10.1. The van der Waals surface area contributed by atoms with Gasteiger partial charge in [-0.15, -0.1) is 0 Å². The summed E-state index contributed by atoms with van der Waals surface area (Å²) >= 11 is 0. The maximum absolute atomic E-state index is 12.5. The highest BCUT2D eigenvalue weighted by Gasteiger charge is 2.25. The molecule has 2 unspecified atom stereocenters. The Morgan fingerprint density at radius 1 is 0.617 bits per heavy atom. The molecular formula is C38H74NO7P. The van der Waals surface area contributed by atoms with E-state index in [1.165, 1.54) is 109 Å². The van der Waals surface area contributed by atoms with Gasteiger partial charge in [0, 0.05) is 19.6 Å². The Hall–Kier alpha value is -1.02. The average Bonchev–Trinajstić information content (AvgIpc) is 3.06. The van der Waals surface area contributed by atoms with E-state index in [0.29, 0.717) is 13.0 Å². The molecule has 0 bridgehead atoms. The van der Waals surface area contributed by atoms with Crippen LogP contribution < -0.4 is 5.73 Å². The topological polar surface area (TPSA) is 117 Å². The van der Waals surface area contributed by atoms with Gasteiger partial charge in [-0.05, 0) is 64.2 Å². The van der Waals surface area contributed by atoms with Gasteiger partial charge in [0.2, 0.25) is 0 Å². The summed E-state index contributed by atoms with van der Waals surface area (Å²) in [5.41, 5.74) is 5.35. The molecule has 0 aliphatic heterocycles. The van der Waals surface area contributed by atoms with Gasteiger partial charge in [-0.2, -0.15) is 0 Å². The summed E-state index contributed by atoms with van der Waals surface area (Å²) in [6.45, 7) is 4.88. The number of hydrogen-bond acceptors (Lipinski definition) is 7. The molecule has 0 aromatic rings. The lowest BCUT2D eigenvalue weighted by Crippen LogP contribution is -2.28. The van der Waals surface area contributed by atoms with Gasteiger partial charge in [-0.1, -0.05) is 128 Å². The zero-order valence-corrected chi connectivity index (χ0v) is 31.4. The molecular weight excluding hydrogens is 613 g/mol. The summed E-state index contributed by atoms with van der Waals surface area (Å²) in [6, 6.07) is 0. The summed E-state index contributed by atoms with van der Waals surface area (Å²) in [5.74, 6) is -0.342. The van der Waals surface area contributed by atoms with Crippen molar-refractivity contribution in [1.29, 1.82) is 0 Å². The summed E-state index contributed by atoms with van der Waals surface area (Å²) in [4.78, 5) is 22.4. The van der Waals surface area contributed by atoms with Crippen molar-refractivity contribution in [2.75, 3.05) is 33.0 Å². The van der Waals surface area contributed by atoms with Gasteiger partial charge in [-0.3, -0.25) is 13.8 Å². The third-order valence-electron chi connectivity index (χ3n) is 8.09. The van der Waals surface area contributed by atoms with Gasteiger partial charge in [0.05, 0.1) is 19.8 Å². The van der Waals surface area contributed by atoms with Crippen LogP contribution in [0.5, 0.6) is 0 Å². The van der Waals surface area contributed by atoms with E-state index >= 15 is 0 Å². The Labute approximate surface area is 289 Å². The van der Waals surface area contributed by atoms with E-state index < -0.39 is 13.9 Å². The first-order valence-corrected chi connectivity index (χ1v) is 20.8. The molecule has 0 fully saturated rings. The fourth-order valence-corrected chi connectivity index (χ4v) is 5.99. The van der Waals surface area contributed by atoms with Crippen LogP contribution in [-0.4, -0.2) is 49.9 Å². The summed E-state index contributed by atoms with van der Waals surface area (Å²) < 4.78 is 33.3. The van der Waals surface area contributed by atoms with Crippen molar-refractivity contribution in [1.82, 2.24) is 0 Å². The molecule has 9 heteroatoms. The van der Waals surface area contributed by atoms with E-state index in [-0.39, 0.29) is 32.3 Å². The molecule has 0 heterocycles. The average molecular weight is 688 g/mol. The first-order valence-electron chi connectivity index (χ1n) is 19.3. The molecule has 278 valence electrons. The van der Waals surface area contributed by atoms with Crippen LogP contribution in [0.3, 0.4) is 0 Å². The molecule has 0 saturated carbocycles. The number of rotatable bonds is 37. The maximum atomic E-state index is 12.5. The Bertz CT molecular complexity index is 777. The summed E-state index contributed by atoms with van der Waals surface area (Å²) in [7, 11) is -4.27. The van der Waals surface area contributed by atoms with Gasteiger partial charge >= 0.3 is 13.8 Å². The molecule has 2 atom stereocenters. The van der Waals surface area contributed by atoms with E-state index in [2.05, 4.69) is 38.2 Å². The number of phosphoric acid groups is 1. The van der Waals surface area contributed by atoms with Crippen molar-refractivity contribution in [3.8, 4) is 0 Å². The summed E-state index contributed by atoms with van der Waals surface area (Å²) in [5, 5.41) is 0. The third-order valence-corrected chi connectivity index (χ3v) is 9.08. The minimum absolute atomic E-state index is 0.0973. The Kier molecular flexibility index (Phi) is 35.5.